The van der Waals surface area contributed by atoms with Crippen LogP contribution in [0.5, 0.6) is 0 Å². The Hall–Kier alpha value is -2.76. The number of carbonyl (C=O) groups is 1. The molecule has 0 bridgehead atoms. The Kier molecular flexibility index (Phi) is 5.84. The summed E-state index contributed by atoms with van der Waals surface area (Å²) in [6.45, 7) is 3.88. The second kappa shape index (κ2) is 8.29. The molecule has 0 amide bonds. The number of nitrogens with zero attached hydrogens (tertiary/aromatic N) is 3. The molecule has 6 nitrogen and oxygen atoms in total. The van der Waals surface area contributed by atoms with Gasteiger partial charge < -0.3 is 10.5 Å². The number of esters is 1. The molecular formula is C19H15BrN4O2S. The van der Waals surface area contributed by atoms with Gasteiger partial charge in [-0.1, -0.05) is 5.92 Å². The van der Waals surface area contributed by atoms with Crippen molar-refractivity contribution in [3.63, 3.8) is 0 Å². The Bertz CT molecular complexity index is 1050. The second-order valence-electron chi connectivity index (χ2n) is 5.41. The lowest BCUT2D eigenvalue weighted by Crippen LogP contribution is -2.03. The van der Waals surface area contributed by atoms with E-state index in [1.807, 2.05) is 12.1 Å². The zero-order valence-electron chi connectivity index (χ0n) is 14.6. The number of rotatable bonds is 3. The normalized spacial score (nSPS) is 10.2. The fourth-order valence-corrected chi connectivity index (χ4v) is 3.65. The first-order valence-electron chi connectivity index (χ1n) is 8.01. The van der Waals surface area contributed by atoms with Gasteiger partial charge >= 0.3 is 5.97 Å². The summed E-state index contributed by atoms with van der Waals surface area (Å²) in [6, 6.07) is 3.70. The van der Waals surface area contributed by atoms with Crippen LogP contribution in [0.2, 0.25) is 0 Å². The average molecular weight is 443 g/mol. The molecule has 0 aliphatic rings. The van der Waals surface area contributed by atoms with Gasteiger partial charge in [-0.25, -0.2) is 14.8 Å². The third-order valence-corrected chi connectivity index (χ3v) is 5.36. The van der Waals surface area contributed by atoms with Gasteiger partial charge in [-0.3, -0.25) is 4.98 Å². The molecule has 3 rings (SSSR count). The van der Waals surface area contributed by atoms with E-state index in [1.54, 1.807) is 32.4 Å². The number of thiazole rings is 1. The molecule has 1 aromatic carbocycles. The summed E-state index contributed by atoms with van der Waals surface area (Å²) in [5, 5.41) is 0.693. The van der Waals surface area contributed by atoms with E-state index in [2.05, 4.69) is 42.7 Å². The van der Waals surface area contributed by atoms with Crippen LogP contribution in [0, 0.1) is 18.8 Å². The van der Waals surface area contributed by atoms with E-state index < -0.39 is 0 Å². The quantitative estimate of drug-likeness (QED) is 0.376. The highest BCUT2D eigenvalue weighted by atomic mass is 79.9. The van der Waals surface area contributed by atoms with Gasteiger partial charge in [0.25, 0.3) is 0 Å². The predicted molar refractivity (Wildman–Crippen MR) is 108 cm³/mol. The van der Waals surface area contributed by atoms with Gasteiger partial charge in [0.1, 0.15) is 15.6 Å². The van der Waals surface area contributed by atoms with E-state index in [4.69, 9.17) is 10.5 Å². The second-order valence-corrected chi connectivity index (χ2v) is 7.27. The summed E-state index contributed by atoms with van der Waals surface area (Å²) in [5.74, 6) is 5.60. The minimum Gasteiger partial charge on any atom is -0.462 e. The van der Waals surface area contributed by atoms with Gasteiger partial charge in [-0.05, 0) is 47.8 Å². The molecule has 0 radical (unpaired) electrons. The Morgan fingerprint density at radius 3 is 2.85 bits per heavy atom. The van der Waals surface area contributed by atoms with Gasteiger partial charge in [0.05, 0.1) is 24.2 Å². The van der Waals surface area contributed by atoms with E-state index in [-0.39, 0.29) is 5.97 Å². The number of aromatic nitrogens is 3. The maximum absolute atomic E-state index is 12.0. The molecule has 0 saturated heterocycles. The highest BCUT2D eigenvalue weighted by molar-refractivity contribution is 9.10. The minimum atomic E-state index is -0.365. The molecule has 136 valence electrons. The van der Waals surface area contributed by atoms with E-state index in [0.29, 0.717) is 43.6 Å². The molecule has 0 aliphatic heterocycles. The maximum atomic E-state index is 12.0. The van der Waals surface area contributed by atoms with Crippen LogP contribution in [-0.2, 0) is 4.74 Å². The number of hydrogen-bond donors (Lipinski definition) is 1. The molecule has 0 fully saturated rings. The van der Waals surface area contributed by atoms with Crippen LogP contribution in [0.4, 0.5) is 5.69 Å². The van der Waals surface area contributed by atoms with Crippen LogP contribution in [0.1, 0.15) is 33.5 Å². The van der Waals surface area contributed by atoms with Gasteiger partial charge in [-0.2, -0.15) is 0 Å². The molecular weight excluding hydrogens is 428 g/mol. The summed E-state index contributed by atoms with van der Waals surface area (Å²) >= 11 is 4.74. The molecule has 0 spiro atoms. The standard InChI is InChI=1S/C19H15BrN4O2S/c1-3-26-19(25)17-11(2)24-18(27-17)13-8-12(16(21)15(20)9-13)4-5-14-10-22-6-7-23-14/h6-10H,3,21H2,1-2H3. The first kappa shape index (κ1) is 19.0. The van der Waals surface area contributed by atoms with Crippen LogP contribution in [0.15, 0.2) is 35.2 Å². The van der Waals surface area contributed by atoms with Crippen molar-refractivity contribution in [1.82, 2.24) is 15.0 Å². The van der Waals surface area contributed by atoms with Crippen LogP contribution in [-0.4, -0.2) is 27.5 Å². The minimum absolute atomic E-state index is 0.320. The first-order chi connectivity index (χ1) is 13.0. The predicted octanol–water partition coefficient (Wildman–Crippen LogP) is 3.83. The Balaban J connectivity index is 2.01. The lowest BCUT2D eigenvalue weighted by molar-refractivity contribution is 0.0531. The Morgan fingerprint density at radius 1 is 1.33 bits per heavy atom. The van der Waals surface area contributed by atoms with Crippen molar-refractivity contribution in [3.05, 3.63) is 57.0 Å². The summed E-state index contributed by atoms with van der Waals surface area (Å²) in [7, 11) is 0. The number of halogens is 1. The molecule has 8 heteroatoms. The number of carbonyl (C=O) groups excluding carboxylic acids is 1. The monoisotopic (exact) mass is 442 g/mol. The molecule has 0 atom stereocenters. The number of aryl methyl sites for hydroxylation is 1. The smallest absolute Gasteiger partial charge is 0.350 e. The summed E-state index contributed by atoms with van der Waals surface area (Å²) in [4.78, 5) is 25.2. The molecule has 27 heavy (non-hydrogen) atoms. The Morgan fingerprint density at radius 2 is 2.15 bits per heavy atom. The Labute approximate surface area is 169 Å². The van der Waals surface area contributed by atoms with Gasteiger partial charge in [0, 0.05) is 28.0 Å². The van der Waals surface area contributed by atoms with Crippen molar-refractivity contribution in [2.75, 3.05) is 12.3 Å². The maximum Gasteiger partial charge on any atom is 0.350 e. The zero-order chi connectivity index (χ0) is 19.4. The molecule has 3 aromatic rings. The molecule has 2 N–H and O–H groups in total. The number of benzene rings is 1. The number of nitrogens with two attached hydrogens (primary N) is 1. The van der Waals surface area contributed by atoms with Crippen molar-refractivity contribution in [1.29, 1.82) is 0 Å². The number of anilines is 1. The van der Waals surface area contributed by atoms with E-state index in [1.165, 1.54) is 11.3 Å². The third-order valence-electron chi connectivity index (χ3n) is 3.52. The van der Waals surface area contributed by atoms with Crippen molar-refractivity contribution in [3.8, 4) is 22.4 Å². The van der Waals surface area contributed by atoms with Crippen LogP contribution < -0.4 is 5.73 Å². The first-order valence-corrected chi connectivity index (χ1v) is 9.62. The van der Waals surface area contributed by atoms with Crippen LogP contribution in [0.25, 0.3) is 10.6 Å². The third kappa shape index (κ3) is 4.32. The fourth-order valence-electron chi connectivity index (χ4n) is 2.25. The summed E-state index contributed by atoms with van der Waals surface area (Å²) in [6.07, 6.45) is 4.75. The lowest BCUT2D eigenvalue weighted by atomic mass is 10.1. The van der Waals surface area contributed by atoms with Gasteiger partial charge in [0.2, 0.25) is 0 Å². The summed E-state index contributed by atoms with van der Waals surface area (Å²) < 4.78 is 5.78. The van der Waals surface area contributed by atoms with Crippen molar-refractivity contribution in [2.24, 2.45) is 0 Å². The van der Waals surface area contributed by atoms with E-state index >= 15 is 0 Å². The number of ether oxygens (including phenoxy) is 1. The van der Waals surface area contributed by atoms with E-state index in [9.17, 15) is 4.79 Å². The van der Waals surface area contributed by atoms with Crippen molar-refractivity contribution >= 4 is 38.9 Å². The molecule has 2 aromatic heterocycles. The molecule has 2 heterocycles. The number of hydrogen-bond acceptors (Lipinski definition) is 7. The summed E-state index contributed by atoms with van der Waals surface area (Å²) in [5.41, 5.74) is 9.29. The van der Waals surface area contributed by atoms with Crippen LogP contribution in [0.3, 0.4) is 0 Å². The van der Waals surface area contributed by atoms with Crippen LogP contribution >= 0.6 is 27.3 Å². The highest BCUT2D eigenvalue weighted by Crippen LogP contribution is 2.34. The topological polar surface area (TPSA) is 91.0 Å². The van der Waals surface area contributed by atoms with Gasteiger partial charge in [-0.15, -0.1) is 11.3 Å². The fraction of sp³-hybridized carbons (Fsp3) is 0.158. The van der Waals surface area contributed by atoms with Crippen molar-refractivity contribution in [2.45, 2.75) is 13.8 Å². The van der Waals surface area contributed by atoms with Gasteiger partial charge in [0.15, 0.2) is 0 Å². The molecule has 0 unspecified atom stereocenters. The molecule has 0 saturated carbocycles. The lowest BCUT2D eigenvalue weighted by Gasteiger charge is -2.05. The largest absolute Gasteiger partial charge is 0.462 e. The number of nitrogen functional groups attached to an aromatic ring is 1. The zero-order valence-corrected chi connectivity index (χ0v) is 17.0. The average Bonchev–Trinajstić information content (AvgIpc) is 3.05. The highest BCUT2D eigenvalue weighted by Gasteiger charge is 2.18. The van der Waals surface area contributed by atoms with E-state index in [0.717, 1.165) is 5.56 Å². The molecule has 0 aliphatic carbocycles. The van der Waals surface area contributed by atoms with Crippen molar-refractivity contribution < 1.29 is 9.53 Å². The SMILES string of the molecule is CCOC(=O)c1sc(-c2cc(Br)c(N)c(C#Cc3cnccn3)c2)nc1C.